The lowest BCUT2D eigenvalue weighted by Gasteiger charge is -2.14. The first-order valence-electron chi connectivity index (χ1n) is 17.9. The summed E-state index contributed by atoms with van der Waals surface area (Å²) >= 11 is 0. The van der Waals surface area contributed by atoms with Crippen LogP contribution in [0.3, 0.4) is 0 Å². The topological polar surface area (TPSA) is 57.0 Å². The number of fused-ring (bicyclic) bond motifs is 6. The molecule has 12 aromatic rings. The molecule has 244 valence electrons. The van der Waals surface area contributed by atoms with Gasteiger partial charge in [0.2, 0.25) is 5.71 Å². The molecule has 0 unspecified atom stereocenters. The van der Waals surface area contributed by atoms with Crippen LogP contribution < -0.4 is 0 Å². The van der Waals surface area contributed by atoms with Crippen molar-refractivity contribution in [2.24, 2.45) is 0 Å². The van der Waals surface area contributed by atoms with Crippen molar-refractivity contribution < 1.29 is 8.83 Å². The first-order valence-corrected chi connectivity index (χ1v) is 17.9. The fourth-order valence-corrected chi connectivity index (χ4v) is 9.08. The van der Waals surface area contributed by atoms with Crippen LogP contribution in [0.2, 0.25) is 0 Å². The second-order valence-corrected chi connectivity index (χ2v) is 14.1. The Kier molecular flexibility index (Phi) is 5.06. The Hall–Kier alpha value is -7.24. The van der Waals surface area contributed by atoms with E-state index in [0.717, 1.165) is 82.9 Å². The van der Waals surface area contributed by atoms with Crippen LogP contribution in [0.15, 0.2) is 160 Å². The first-order chi connectivity index (χ1) is 26.3. The highest BCUT2D eigenvalue weighted by atomic mass is 16.3. The summed E-state index contributed by atoms with van der Waals surface area (Å²) in [6.45, 7) is 0. The van der Waals surface area contributed by atoms with Crippen molar-refractivity contribution >= 4 is 87.5 Å². The van der Waals surface area contributed by atoms with Gasteiger partial charge in [0, 0.05) is 27.1 Å². The fraction of sp³-hybridized carbons (Fsp3) is 0. The SMILES string of the molecule is c1ccc(-c2ccc(-c3nc4c(nc3-n3c5ccc6cccc7c6c5c5c6c(ccc53)oc3cccc-7c36)oc3ccc5ccccc5c34)cc2)cc1. The number of furan rings is 2. The zero-order valence-corrected chi connectivity index (χ0v) is 28.1. The second-order valence-electron chi connectivity index (χ2n) is 14.1. The van der Waals surface area contributed by atoms with E-state index in [1.165, 1.54) is 38.2 Å². The largest absolute Gasteiger partial charge is 0.456 e. The van der Waals surface area contributed by atoms with Crippen LogP contribution in [0.5, 0.6) is 0 Å². The molecule has 1 aliphatic carbocycles. The molecule has 4 heterocycles. The molecule has 5 nitrogen and oxygen atoms in total. The van der Waals surface area contributed by atoms with Gasteiger partial charge in [0.15, 0.2) is 5.82 Å². The third-order valence-electron chi connectivity index (χ3n) is 11.3. The van der Waals surface area contributed by atoms with E-state index in [0.29, 0.717) is 5.71 Å². The van der Waals surface area contributed by atoms with Gasteiger partial charge >= 0.3 is 0 Å². The summed E-state index contributed by atoms with van der Waals surface area (Å²) in [5.74, 6) is 0.720. The van der Waals surface area contributed by atoms with Crippen molar-refractivity contribution in [1.29, 1.82) is 0 Å². The number of hydrogen-bond donors (Lipinski definition) is 0. The van der Waals surface area contributed by atoms with E-state index in [9.17, 15) is 0 Å². The quantitative estimate of drug-likeness (QED) is 0.187. The summed E-state index contributed by atoms with van der Waals surface area (Å²) in [7, 11) is 0. The van der Waals surface area contributed by atoms with Crippen molar-refractivity contribution in [1.82, 2.24) is 14.5 Å². The molecule has 0 fully saturated rings. The van der Waals surface area contributed by atoms with Gasteiger partial charge in [-0.2, -0.15) is 4.98 Å². The minimum absolute atomic E-state index is 0.511. The van der Waals surface area contributed by atoms with Crippen molar-refractivity contribution in [3.8, 4) is 39.3 Å². The van der Waals surface area contributed by atoms with Gasteiger partial charge in [0.1, 0.15) is 28.0 Å². The number of benzene rings is 8. The zero-order valence-electron chi connectivity index (χ0n) is 28.1. The predicted octanol–water partition coefficient (Wildman–Crippen LogP) is 13.0. The standard InChI is InChI=1S/C48H25N3O2/c1-2-8-26(9-3-1)27-16-18-30(19-17-27)45-47(50-48-46(49-45)41-31-12-5-4-10-28(31)21-24-37(41)53-48)51-34-22-20-29-11-6-13-32-33-14-7-15-36-40(33)44-38(52-36)25-23-35(51)43(44)42(34)39(29)32/h1-25H. The molecule has 0 atom stereocenters. The lowest BCUT2D eigenvalue weighted by atomic mass is 9.95. The van der Waals surface area contributed by atoms with E-state index in [1.807, 2.05) is 12.1 Å². The minimum Gasteiger partial charge on any atom is -0.456 e. The Labute approximate surface area is 300 Å². The van der Waals surface area contributed by atoms with Gasteiger partial charge in [-0.3, -0.25) is 4.57 Å². The third kappa shape index (κ3) is 3.51. The third-order valence-corrected chi connectivity index (χ3v) is 11.3. The second kappa shape index (κ2) is 9.75. The highest BCUT2D eigenvalue weighted by Gasteiger charge is 2.28. The molecule has 0 saturated carbocycles. The Bertz CT molecular complexity index is 3550. The Morgan fingerprint density at radius 3 is 1.92 bits per heavy atom. The molecular formula is C48H25N3O2. The maximum atomic E-state index is 6.58. The molecule has 0 spiro atoms. The van der Waals surface area contributed by atoms with Crippen LogP contribution in [-0.2, 0) is 0 Å². The van der Waals surface area contributed by atoms with Gasteiger partial charge in [-0.05, 0) is 74.1 Å². The highest BCUT2D eigenvalue weighted by molar-refractivity contribution is 6.38. The molecule has 0 aliphatic heterocycles. The molecule has 53 heavy (non-hydrogen) atoms. The average molecular weight is 676 g/mol. The van der Waals surface area contributed by atoms with Crippen LogP contribution in [0.25, 0.3) is 127 Å². The minimum atomic E-state index is 0.511. The van der Waals surface area contributed by atoms with Gasteiger partial charge in [-0.15, -0.1) is 0 Å². The number of nitrogens with zero attached hydrogens (tertiary/aromatic N) is 3. The molecule has 0 bridgehead atoms. The zero-order chi connectivity index (χ0) is 34.4. The van der Waals surface area contributed by atoms with E-state index in [1.54, 1.807) is 0 Å². The van der Waals surface area contributed by atoms with Gasteiger partial charge in [-0.25, -0.2) is 4.98 Å². The van der Waals surface area contributed by atoms with E-state index in [2.05, 4.69) is 144 Å². The Morgan fingerprint density at radius 1 is 0.396 bits per heavy atom. The highest BCUT2D eigenvalue weighted by Crippen LogP contribution is 2.51. The molecular weight excluding hydrogens is 651 g/mol. The summed E-state index contributed by atoms with van der Waals surface area (Å²) in [4.78, 5) is 11.0. The molecule has 0 saturated heterocycles. The van der Waals surface area contributed by atoms with E-state index in [-0.39, 0.29) is 0 Å². The molecule has 0 amide bonds. The molecule has 1 aliphatic rings. The summed E-state index contributed by atoms with van der Waals surface area (Å²) in [5, 5.41) is 10.3. The number of aromatic nitrogens is 3. The van der Waals surface area contributed by atoms with Crippen molar-refractivity contribution in [2.45, 2.75) is 0 Å². The summed E-state index contributed by atoms with van der Waals surface area (Å²) in [6.07, 6.45) is 0. The molecule has 0 N–H and O–H groups in total. The van der Waals surface area contributed by atoms with Crippen LogP contribution in [0, 0.1) is 0 Å². The van der Waals surface area contributed by atoms with E-state index in [4.69, 9.17) is 18.8 Å². The van der Waals surface area contributed by atoms with Gasteiger partial charge in [-0.1, -0.05) is 121 Å². The maximum Gasteiger partial charge on any atom is 0.248 e. The molecule has 13 rings (SSSR count). The van der Waals surface area contributed by atoms with Crippen LogP contribution in [0.1, 0.15) is 0 Å². The lowest BCUT2D eigenvalue weighted by Crippen LogP contribution is -2.03. The van der Waals surface area contributed by atoms with Crippen molar-refractivity contribution in [2.75, 3.05) is 0 Å². The molecule has 0 radical (unpaired) electrons. The molecule has 5 heteroatoms. The van der Waals surface area contributed by atoms with Crippen LogP contribution in [-0.4, -0.2) is 14.5 Å². The van der Waals surface area contributed by atoms with Gasteiger partial charge < -0.3 is 8.83 Å². The van der Waals surface area contributed by atoms with E-state index >= 15 is 0 Å². The number of hydrogen-bond acceptors (Lipinski definition) is 4. The first kappa shape index (κ1) is 27.5. The fourth-order valence-electron chi connectivity index (χ4n) is 9.08. The monoisotopic (exact) mass is 675 g/mol. The Morgan fingerprint density at radius 2 is 1.04 bits per heavy atom. The maximum absolute atomic E-state index is 6.58. The van der Waals surface area contributed by atoms with Crippen LogP contribution >= 0.6 is 0 Å². The Balaban J connectivity index is 1.20. The van der Waals surface area contributed by atoms with Crippen molar-refractivity contribution in [3.05, 3.63) is 152 Å². The lowest BCUT2D eigenvalue weighted by molar-refractivity contribution is 0.652. The summed E-state index contributed by atoms with van der Waals surface area (Å²) in [6, 6.07) is 53.5. The molecule has 8 aromatic carbocycles. The summed E-state index contributed by atoms with van der Waals surface area (Å²) in [5.41, 5.74) is 12.4. The summed E-state index contributed by atoms with van der Waals surface area (Å²) < 4.78 is 15.4. The number of rotatable bonds is 3. The van der Waals surface area contributed by atoms with Gasteiger partial charge in [0.25, 0.3) is 0 Å². The van der Waals surface area contributed by atoms with Crippen molar-refractivity contribution in [3.63, 3.8) is 0 Å². The molecule has 4 aromatic heterocycles. The smallest absolute Gasteiger partial charge is 0.248 e. The average Bonchev–Trinajstić information content (AvgIpc) is 3.86. The predicted molar refractivity (Wildman–Crippen MR) is 216 cm³/mol. The van der Waals surface area contributed by atoms with Gasteiger partial charge in [0.05, 0.1) is 16.4 Å². The normalized spacial score (nSPS) is 12.5. The van der Waals surface area contributed by atoms with Crippen LogP contribution in [0.4, 0.5) is 0 Å². The van der Waals surface area contributed by atoms with E-state index < -0.39 is 0 Å².